The Bertz CT molecular complexity index is 690. The van der Waals surface area contributed by atoms with Gasteiger partial charge in [0.05, 0.1) is 23.8 Å². The molecule has 1 fully saturated rings. The Morgan fingerprint density at radius 3 is 2.44 bits per heavy atom. The molecule has 0 unspecified atom stereocenters. The van der Waals surface area contributed by atoms with E-state index in [0.29, 0.717) is 38.3 Å². The minimum absolute atomic E-state index is 0.221. The third kappa shape index (κ3) is 4.94. The van der Waals surface area contributed by atoms with Gasteiger partial charge >= 0.3 is 12.1 Å². The van der Waals surface area contributed by atoms with Crippen LogP contribution in [-0.2, 0) is 14.3 Å². The quantitative estimate of drug-likeness (QED) is 0.755. The van der Waals surface area contributed by atoms with E-state index in [-0.39, 0.29) is 18.1 Å². The molecule has 2 rings (SSSR count). The van der Waals surface area contributed by atoms with Gasteiger partial charge in [-0.1, -0.05) is 6.07 Å². The fourth-order valence-electron chi connectivity index (χ4n) is 2.37. The van der Waals surface area contributed by atoms with Gasteiger partial charge in [0, 0.05) is 26.2 Å². The van der Waals surface area contributed by atoms with E-state index in [1.54, 1.807) is 19.1 Å². The van der Waals surface area contributed by atoms with Crippen LogP contribution in [0, 0.1) is 11.3 Å². The molecule has 1 saturated heterocycles. The van der Waals surface area contributed by atoms with E-state index in [0.717, 1.165) is 0 Å². The fraction of sp³-hybridized carbons (Fsp3) is 0.412. The zero-order chi connectivity index (χ0) is 18.2. The summed E-state index contributed by atoms with van der Waals surface area (Å²) >= 11 is 0. The lowest BCUT2D eigenvalue weighted by Gasteiger charge is -2.33. The van der Waals surface area contributed by atoms with Gasteiger partial charge in [-0.2, -0.15) is 5.26 Å². The average molecular weight is 345 g/mol. The predicted octanol–water partition coefficient (Wildman–Crippen LogP) is 1.02. The number of ether oxygens (including phenoxy) is 2. The molecule has 1 heterocycles. The molecule has 1 aliphatic rings. The first-order chi connectivity index (χ1) is 12.0. The zero-order valence-corrected chi connectivity index (χ0v) is 13.9. The molecule has 0 bridgehead atoms. The zero-order valence-electron chi connectivity index (χ0n) is 13.9. The Labute approximate surface area is 145 Å². The van der Waals surface area contributed by atoms with Gasteiger partial charge in [-0.05, 0) is 25.1 Å². The highest BCUT2D eigenvalue weighted by Gasteiger charge is 2.25. The molecule has 0 aliphatic carbocycles. The van der Waals surface area contributed by atoms with Gasteiger partial charge in [0.15, 0.2) is 6.61 Å². The van der Waals surface area contributed by atoms with Crippen LogP contribution in [0.5, 0.6) is 0 Å². The summed E-state index contributed by atoms with van der Waals surface area (Å²) in [6, 6.07) is 8.01. The second kappa shape index (κ2) is 8.68. The monoisotopic (exact) mass is 345 g/mol. The molecular formula is C17H19N3O5. The maximum absolute atomic E-state index is 12.1. The van der Waals surface area contributed by atoms with Crippen molar-refractivity contribution in [2.45, 2.75) is 6.92 Å². The maximum atomic E-state index is 12.1. The highest BCUT2D eigenvalue weighted by Crippen LogP contribution is 2.08. The number of hydrogen-bond donors (Lipinski definition) is 0. The lowest BCUT2D eigenvalue weighted by molar-refractivity contribution is -0.136. The second-order valence-corrected chi connectivity index (χ2v) is 5.34. The summed E-state index contributed by atoms with van der Waals surface area (Å²) in [7, 11) is 0. The SMILES string of the molecule is CCOC(=O)N1CCN(C(=O)COC(=O)c2cccc(C#N)c2)CC1. The van der Waals surface area contributed by atoms with Crippen molar-refractivity contribution in [2.24, 2.45) is 0 Å². The summed E-state index contributed by atoms with van der Waals surface area (Å²) in [5, 5.41) is 8.83. The normalized spacial score (nSPS) is 13.8. The summed E-state index contributed by atoms with van der Waals surface area (Å²) in [5.74, 6) is -0.982. The Balaban J connectivity index is 1.80. The van der Waals surface area contributed by atoms with Gasteiger partial charge in [-0.15, -0.1) is 0 Å². The van der Waals surface area contributed by atoms with Crippen LogP contribution >= 0.6 is 0 Å². The van der Waals surface area contributed by atoms with Crippen molar-refractivity contribution < 1.29 is 23.9 Å². The summed E-state index contributed by atoms with van der Waals surface area (Å²) < 4.78 is 9.93. The topological polar surface area (TPSA) is 99.9 Å². The molecule has 0 aromatic heterocycles. The van der Waals surface area contributed by atoms with Gasteiger partial charge in [0.25, 0.3) is 5.91 Å². The van der Waals surface area contributed by atoms with Crippen LogP contribution in [0.15, 0.2) is 24.3 Å². The Kier molecular flexibility index (Phi) is 6.34. The molecule has 1 aromatic carbocycles. The molecule has 0 saturated carbocycles. The first-order valence-corrected chi connectivity index (χ1v) is 7.92. The highest BCUT2D eigenvalue weighted by molar-refractivity contribution is 5.91. The van der Waals surface area contributed by atoms with Crippen molar-refractivity contribution in [3.8, 4) is 6.07 Å². The molecule has 1 aliphatic heterocycles. The van der Waals surface area contributed by atoms with Crippen molar-refractivity contribution in [3.63, 3.8) is 0 Å². The van der Waals surface area contributed by atoms with Gasteiger partial charge in [-0.25, -0.2) is 9.59 Å². The standard InChI is InChI=1S/C17H19N3O5/c1-2-24-17(23)20-8-6-19(7-9-20)15(21)12-25-16(22)14-5-3-4-13(10-14)11-18/h3-5,10H,2,6-9,12H2,1H3. The van der Waals surface area contributed by atoms with E-state index in [9.17, 15) is 14.4 Å². The molecule has 132 valence electrons. The lowest BCUT2D eigenvalue weighted by Crippen LogP contribution is -2.51. The van der Waals surface area contributed by atoms with Crippen LogP contribution in [0.3, 0.4) is 0 Å². The maximum Gasteiger partial charge on any atom is 0.409 e. The number of benzene rings is 1. The Hall–Kier alpha value is -3.08. The number of carbonyl (C=O) groups excluding carboxylic acids is 3. The average Bonchev–Trinajstić information content (AvgIpc) is 2.66. The number of nitriles is 1. The number of carbonyl (C=O) groups is 3. The highest BCUT2D eigenvalue weighted by atomic mass is 16.6. The van der Waals surface area contributed by atoms with Crippen molar-refractivity contribution >= 4 is 18.0 Å². The summed E-state index contributed by atoms with van der Waals surface area (Å²) in [4.78, 5) is 38.7. The number of piperazine rings is 1. The van der Waals surface area contributed by atoms with Gasteiger partial charge in [-0.3, -0.25) is 4.79 Å². The number of amides is 2. The van der Waals surface area contributed by atoms with Crippen molar-refractivity contribution in [1.29, 1.82) is 5.26 Å². The Morgan fingerprint density at radius 1 is 1.12 bits per heavy atom. The van der Waals surface area contributed by atoms with Gasteiger partial charge in [0.2, 0.25) is 0 Å². The van der Waals surface area contributed by atoms with E-state index in [1.807, 2.05) is 6.07 Å². The molecule has 0 spiro atoms. The lowest BCUT2D eigenvalue weighted by atomic mass is 10.1. The molecule has 25 heavy (non-hydrogen) atoms. The fourth-order valence-corrected chi connectivity index (χ4v) is 2.37. The summed E-state index contributed by atoms with van der Waals surface area (Å²) in [5.41, 5.74) is 0.565. The smallest absolute Gasteiger partial charge is 0.409 e. The molecule has 0 atom stereocenters. The molecule has 8 nitrogen and oxygen atoms in total. The van der Waals surface area contributed by atoms with Crippen LogP contribution in [0.25, 0.3) is 0 Å². The molecule has 0 radical (unpaired) electrons. The number of rotatable bonds is 4. The Morgan fingerprint density at radius 2 is 1.80 bits per heavy atom. The van der Waals surface area contributed by atoms with Gasteiger partial charge < -0.3 is 19.3 Å². The molecule has 0 N–H and O–H groups in total. The van der Waals surface area contributed by atoms with E-state index >= 15 is 0 Å². The first kappa shape index (κ1) is 18.3. The third-order valence-electron chi connectivity index (χ3n) is 3.71. The first-order valence-electron chi connectivity index (χ1n) is 7.92. The third-order valence-corrected chi connectivity index (χ3v) is 3.71. The molecule has 2 amide bonds. The number of hydrogen-bond acceptors (Lipinski definition) is 6. The molecular weight excluding hydrogens is 326 g/mol. The van der Waals surface area contributed by atoms with E-state index in [2.05, 4.69) is 0 Å². The van der Waals surface area contributed by atoms with Crippen LogP contribution in [-0.4, -0.2) is 67.2 Å². The van der Waals surface area contributed by atoms with E-state index < -0.39 is 12.1 Å². The van der Waals surface area contributed by atoms with Crippen LogP contribution < -0.4 is 0 Å². The second-order valence-electron chi connectivity index (χ2n) is 5.34. The molecule has 8 heteroatoms. The van der Waals surface area contributed by atoms with E-state index in [4.69, 9.17) is 14.7 Å². The summed E-state index contributed by atoms with van der Waals surface area (Å²) in [6.07, 6.45) is -0.390. The number of nitrogens with zero attached hydrogens (tertiary/aromatic N) is 3. The van der Waals surface area contributed by atoms with Gasteiger partial charge in [0.1, 0.15) is 0 Å². The van der Waals surface area contributed by atoms with Crippen LogP contribution in [0.4, 0.5) is 4.79 Å². The molecule has 1 aromatic rings. The van der Waals surface area contributed by atoms with Crippen LogP contribution in [0.2, 0.25) is 0 Å². The number of esters is 1. The predicted molar refractivity (Wildman–Crippen MR) is 86.6 cm³/mol. The van der Waals surface area contributed by atoms with Crippen molar-refractivity contribution in [1.82, 2.24) is 9.80 Å². The van der Waals surface area contributed by atoms with Crippen LogP contribution in [0.1, 0.15) is 22.8 Å². The minimum Gasteiger partial charge on any atom is -0.452 e. The van der Waals surface area contributed by atoms with E-state index in [1.165, 1.54) is 21.9 Å². The minimum atomic E-state index is -0.657. The van der Waals surface area contributed by atoms with Crippen molar-refractivity contribution in [2.75, 3.05) is 39.4 Å². The summed E-state index contributed by atoms with van der Waals surface area (Å²) in [6.45, 7) is 3.14. The van der Waals surface area contributed by atoms with Crippen molar-refractivity contribution in [3.05, 3.63) is 35.4 Å². The largest absolute Gasteiger partial charge is 0.452 e.